The number of hydrogen-bond acceptors (Lipinski definition) is 9. The summed E-state index contributed by atoms with van der Waals surface area (Å²) in [5, 5.41) is 5.04. The summed E-state index contributed by atoms with van der Waals surface area (Å²) in [6.07, 6.45) is 0.618. The van der Waals surface area contributed by atoms with Crippen LogP contribution in [0.5, 0.6) is 23.0 Å². The number of hydrogen-bond donors (Lipinski definition) is 0. The number of rotatable bonds is 10. The van der Waals surface area contributed by atoms with Crippen molar-refractivity contribution in [3.63, 3.8) is 0 Å². The molecular formula is C32H35N3O7. The van der Waals surface area contributed by atoms with Gasteiger partial charge in [-0.1, -0.05) is 26.0 Å². The maximum atomic E-state index is 13.8. The molecule has 0 bridgehead atoms. The first-order valence-electron chi connectivity index (χ1n) is 13.4. The van der Waals surface area contributed by atoms with Gasteiger partial charge in [-0.15, -0.1) is 0 Å². The maximum absolute atomic E-state index is 13.8. The number of ether oxygens (including phenoxy) is 5. The molecular weight excluding hydrogens is 538 g/mol. The Labute approximate surface area is 244 Å². The van der Waals surface area contributed by atoms with Gasteiger partial charge in [0.2, 0.25) is 5.75 Å². The number of para-hydroxylation sites is 1. The minimum Gasteiger partial charge on any atom is -0.496 e. The van der Waals surface area contributed by atoms with Gasteiger partial charge in [-0.05, 0) is 67.3 Å². The fourth-order valence-corrected chi connectivity index (χ4v) is 4.58. The molecule has 42 heavy (non-hydrogen) atoms. The van der Waals surface area contributed by atoms with E-state index >= 15 is 0 Å². The van der Waals surface area contributed by atoms with Crippen molar-refractivity contribution in [3.05, 3.63) is 75.6 Å². The lowest BCUT2D eigenvalue weighted by Crippen LogP contribution is -2.25. The predicted octanol–water partition coefficient (Wildman–Crippen LogP) is 5.34. The Morgan fingerprint density at radius 2 is 1.57 bits per heavy atom. The summed E-state index contributed by atoms with van der Waals surface area (Å²) < 4.78 is 28.5. The smallest absolute Gasteiger partial charge is 0.346 e. The monoisotopic (exact) mass is 573 g/mol. The predicted molar refractivity (Wildman–Crippen MR) is 161 cm³/mol. The second-order valence-electron chi connectivity index (χ2n) is 9.92. The Balaban J connectivity index is 1.90. The highest BCUT2D eigenvalue weighted by Gasteiger charge is 2.22. The van der Waals surface area contributed by atoms with E-state index in [9.17, 15) is 9.59 Å². The summed E-state index contributed by atoms with van der Waals surface area (Å²) in [5.74, 6) is 1.64. The van der Waals surface area contributed by atoms with Crippen molar-refractivity contribution in [2.45, 2.75) is 39.7 Å². The molecule has 0 aliphatic carbocycles. The quantitative estimate of drug-likeness (QED) is 0.185. The number of benzene rings is 3. The second kappa shape index (κ2) is 12.8. The molecule has 0 fully saturated rings. The molecule has 0 radical (unpaired) electrons. The largest absolute Gasteiger partial charge is 0.496 e. The van der Waals surface area contributed by atoms with Crippen LogP contribution in [0.4, 0.5) is 0 Å². The molecule has 0 spiro atoms. The summed E-state index contributed by atoms with van der Waals surface area (Å²) in [5.41, 5.74) is 3.43. The number of carbonyl (C=O) groups is 1. The van der Waals surface area contributed by atoms with Gasteiger partial charge in [0.25, 0.3) is 5.56 Å². The lowest BCUT2D eigenvalue weighted by molar-refractivity contribution is -0.148. The van der Waals surface area contributed by atoms with Crippen LogP contribution in [0.25, 0.3) is 22.3 Å². The number of aryl methyl sites for hydroxylation is 1. The number of carbonyl (C=O) groups excluding carboxylic acids is 1. The summed E-state index contributed by atoms with van der Waals surface area (Å²) in [4.78, 5) is 30.6. The molecule has 1 aromatic heterocycles. The van der Waals surface area contributed by atoms with Crippen LogP contribution in [0.3, 0.4) is 0 Å². The molecule has 3 aromatic carbocycles. The van der Waals surface area contributed by atoms with E-state index in [1.54, 1.807) is 44.4 Å². The number of nitrogens with zero attached hydrogens (tertiary/aromatic N) is 3. The minimum absolute atomic E-state index is 0.172. The third kappa shape index (κ3) is 5.93. The fraction of sp³-hybridized carbons (Fsp3) is 0.312. The Kier molecular flexibility index (Phi) is 9.15. The van der Waals surface area contributed by atoms with Crippen LogP contribution in [0.2, 0.25) is 0 Å². The van der Waals surface area contributed by atoms with E-state index in [0.29, 0.717) is 33.8 Å². The SMILES string of the molecule is COC(=O)[C@H](C)Oc1c(OC)cc(C=Nn2c(-c3cc(C(C)C)c(OC)cc3C)nc3ccccc3c2=O)cc1OC. The molecule has 0 aliphatic heterocycles. The van der Waals surface area contributed by atoms with E-state index in [1.807, 2.05) is 25.1 Å². The lowest BCUT2D eigenvalue weighted by atomic mass is 9.96. The molecule has 4 aromatic rings. The zero-order valence-electron chi connectivity index (χ0n) is 25.1. The fourth-order valence-electron chi connectivity index (χ4n) is 4.58. The Hall–Kier alpha value is -4.86. The Morgan fingerprint density at radius 1 is 0.929 bits per heavy atom. The topological polar surface area (TPSA) is 110 Å². The Bertz CT molecular complexity index is 1680. The van der Waals surface area contributed by atoms with Crippen molar-refractivity contribution in [1.29, 1.82) is 0 Å². The molecule has 0 unspecified atom stereocenters. The van der Waals surface area contributed by atoms with Crippen molar-refractivity contribution in [1.82, 2.24) is 9.66 Å². The molecule has 4 rings (SSSR count). The lowest BCUT2D eigenvalue weighted by Gasteiger charge is -2.18. The number of fused-ring (bicyclic) bond motifs is 1. The highest BCUT2D eigenvalue weighted by Crippen LogP contribution is 2.39. The first-order chi connectivity index (χ1) is 20.1. The first kappa shape index (κ1) is 30.1. The summed E-state index contributed by atoms with van der Waals surface area (Å²) in [6.45, 7) is 7.67. The van der Waals surface area contributed by atoms with Crippen LogP contribution in [0.15, 0.2) is 58.4 Å². The normalized spacial score (nSPS) is 12.0. The number of methoxy groups -OCH3 is 4. The van der Waals surface area contributed by atoms with Crippen LogP contribution >= 0.6 is 0 Å². The third-order valence-electron chi connectivity index (χ3n) is 6.83. The standard InChI is InChI=1S/C32H35N3O7/c1-18(2)23-16-24(19(3)13-26(23)38-5)30-34-25-12-10-9-11-22(25)31(36)35(30)33-17-21-14-27(39-6)29(28(15-21)40-7)42-20(4)32(37)41-8/h9-18,20H,1-8H3/t20-/m0/s1. The van der Waals surface area contributed by atoms with Crippen molar-refractivity contribution in [2.75, 3.05) is 28.4 Å². The number of aromatic nitrogens is 2. The van der Waals surface area contributed by atoms with Gasteiger partial charge in [0.15, 0.2) is 23.4 Å². The Morgan fingerprint density at radius 3 is 2.17 bits per heavy atom. The van der Waals surface area contributed by atoms with Crippen molar-refractivity contribution in [2.24, 2.45) is 5.10 Å². The van der Waals surface area contributed by atoms with E-state index in [-0.39, 0.29) is 17.2 Å². The molecule has 0 amide bonds. The second-order valence-corrected chi connectivity index (χ2v) is 9.92. The summed E-state index contributed by atoms with van der Waals surface area (Å²) in [7, 11) is 5.87. The third-order valence-corrected chi connectivity index (χ3v) is 6.83. The van der Waals surface area contributed by atoms with E-state index in [2.05, 4.69) is 18.9 Å². The molecule has 220 valence electrons. The average molecular weight is 574 g/mol. The van der Waals surface area contributed by atoms with E-state index in [1.165, 1.54) is 32.2 Å². The van der Waals surface area contributed by atoms with E-state index in [0.717, 1.165) is 22.4 Å². The molecule has 10 heteroatoms. The molecule has 0 saturated heterocycles. The van der Waals surface area contributed by atoms with Gasteiger partial charge in [0.1, 0.15) is 5.75 Å². The molecule has 0 saturated carbocycles. The zero-order valence-corrected chi connectivity index (χ0v) is 25.1. The van der Waals surface area contributed by atoms with Crippen LogP contribution < -0.4 is 24.5 Å². The van der Waals surface area contributed by atoms with Gasteiger partial charge in [-0.25, -0.2) is 9.78 Å². The maximum Gasteiger partial charge on any atom is 0.346 e. The van der Waals surface area contributed by atoms with Gasteiger partial charge < -0.3 is 23.7 Å². The average Bonchev–Trinajstić information content (AvgIpc) is 2.99. The molecule has 1 atom stereocenters. The molecule has 10 nitrogen and oxygen atoms in total. The number of esters is 1. The van der Waals surface area contributed by atoms with Crippen molar-refractivity contribution < 1.29 is 28.5 Å². The van der Waals surface area contributed by atoms with Crippen molar-refractivity contribution >= 4 is 23.1 Å². The van der Waals surface area contributed by atoms with Crippen LogP contribution in [-0.4, -0.2) is 56.4 Å². The van der Waals surface area contributed by atoms with Crippen LogP contribution in [0, 0.1) is 6.92 Å². The van der Waals surface area contributed by atoms with Gasteiger partial charge in [0, 0.05) is 11.1 Å². The van der Waals surface area contributed by atoms with Gasteiger partial charge in [-0.3, -0.25) is 4.79 Å². The van der Waals surface area contributed by atoms with E-state index < -0.39 is 12.1 Å². The molecule has 0 aliphatic rings. The van der Waals surface area contributed by atoms with Crippen molar-refractivity contribution in [3.8, 4) is 34.4 Å². The summed E-state index contributed by atoms with van der Waals surface area (Å²) in [6, 6.07) is 14.4. The first-order valence-corrected chi connectivity index (χ1v) is 13.4. The molecule has 0 N–H and O–H groups in total. The summed E-state index contributed by atoms with van der Waals surface area (Å²) >= 11 is 0. The zero-order chi connectivity index (χ0) is 30.6. The van der Waals surface area contributed by atoms with Gasteiger partial charge >= 0.3 is 5.97 Å². The highest BCUT2D eigenvalue weighted by molar-refractivity contribution is 5.84. The highest BCUT2D eigenvalue weighted by atomic mass is 16.6. The van der Waals surface area contributed by atoms with E-state index in [4.69, 9.17) is 28.7 Å². The van der Waals surface area contributed by atoms with Crippen LogP contribution in [0.1, 0.15) is 43.4 Å². The molecule has 1 heterocycles. The van der Waals surface area contributed by atoms with Crippen LogP contribution in [-0.2, 0) is 9.53 Å². The minimum atomic E-state index is -0.898. The van der Waals surface area contributed by atoms with Gasteiger partial charge in [0.05, 0.1) is 45.6 Å². The van der Waals surface area contributed by atoms with Gasteiger partial charge in [-0.2, -0.15) is 9.78 Å².